The van der Waals surface area contributed by atoms with Crippen LogP contribution in [0, 0.1) is 6.92 Å². The van der Waals surface area contributed by atoms with Crippen molar-refractivity contribution in [2.45, 2.75) is 13.5 Å². The Balaban J connectivity index is 1.52. The maximum Gasteiger partial charge on any atom is 0.266 e. The monoisotopic (exact) mass is 435 g/mol. The highest BCUT2D eigenvalue weighted by atomic mass is 32.1. The minimum absolute atomic E-state index is 0.169. The van der Waals surface area contributed by atoms with Crippen molar-refractivity contribution >= 4 is 33.1 Å². The molecule has 0 aliphatic heterocycles. The zero-order chi connectivity index (χ0) is 21.8. The zero-order valence-corrected chi connectivity index (χ0v) is 17.9. The number of amides is 1. The molecule has 2 aromatic heterocycles. The summed E-state index contributed by atoms with van der Waals surface area (Å²) in [7, 11) is 1.58. The maximum absolute atomic E-state index is 12.9. The molecule has 0 bridgehead atoms. The number of nitrogens with zero attached hydrogens (tertiary/aromatic N) is 2. The van der Waals surface area contributed by atoms with Gasteiger partial charge in [-0.15, -0.1) is 11.3 Å². The van der Waals surface area contributed by atoms with Gasteiger partial charge in [-0.05, 0) is 48.9 Å². The third-order valence-corrected chi connectivity index (χ3v) is 5.95. The lowest BCUT2D eigenvalue weighted by molar-refractivity contribution is 0.103. The van der Waals surface area contributed by atoms with Gasteiger partial charge in [-0.1, -0.05) is 18.2 Å². The molecule has 1 amide bonds. The number of hydrogen-bond donors (Lipinski definition) is 1. The molecule has 31 heavy (non-hydrogen) atoms. The van der Waals surface area contributed by atoms with Gasteiger partial charge in [-0.3, -0.25) is 14.2 Å². The van der Waals surface area contributed by atoms with Gasteiger partial charge in [0.25, 0.3) is 11.5 Å². The van der Waals surface area contributed by atoms with E-state index in [4.69, 9.17) is 9.47 Å². The molecule has 1 N–H and O–H groups in total. The summed E-state index contributed by atoms with van der Waals surface area (Å²) < 4.78 is 12.3. The summed E-state index contributed by atoms with van der Waals surface area (Å²) in [6.45, 7) is 2.59. The van der Waals surface area contributed by atoms with E-state index < -0.39 is 0 Å². The van der Waals surface area contributed by atoms with Gasteiger partial charge in [0.2, 0.25) is 0 Å². The van der Waals surface area contributed by atoms with Crippen LogP contribution in [0.2, 0.25) is 0 Å². The first-order valence-electron chi connectivity index (χ1n) is 9.68. The number of thiophene rings is 1. The van der Waals surface area contributed by atoms with Gasteiger partial charge in [0, 0.05) is 12.8 Å². The van der Waals surface area contributed by atoms with Crippen LogP contribution in [0.3, 0.4) is 0 Å². The lowest BCUT2D eigenvalue weighted by Crippen LogP contribution is -2.22. The molecule has 7 nitrogen and oxygen atoms in total. The number of carbonyl (C=O) groups is 1. The van der Waals surface area contributed by atoms with Crippen LogP contribution >= 0.6 is 11.3 Å². The van der Waals surface area contributed by atoms with Crippen LogP contribution in [-0.4, -0.2) is 29.2 Å². The number of ether oxygens (including phenoxy) is 2. The molecular formula is C23H21N3O4S. The van der Waals surface area contributed by atoms with Gasteiger partial charge >= 0.3 is 0 Å². The maximum atomic E-state index is 12.9. The number of fused-ring (bicyclic) bond motifs is 1. The number of carbonyl (C=O) groups excluding carboxylic acids is 1. The lowest BCUT2D eigenvalue weighted by atomic mass is 10.2. The van der Waals surface area contributed by atoms with E-state index in [1.165, 1.54) is 22.2 Å². The fourth-order valence-electron chi connectivity index (χ4n) is 3.14. The van der Waals surface area contributed by atoms with Crippen molar-refractivity contribution < 1.29 is 14.3 Å². The average Bonchev–Trinajstić information content (AvgIpc) is 3.13. The van der Waals surface area contributed by atoms with E-state index in [0.29, 0.717) is 45.2 Å². The molecule has 0 saturated heterocycles. The summed E-state index contributed by atoms with van der Waals surface area (Å²) in [5, 5.41) is 3.35. The van der Waals surface area contributed by atoms with Crippen molar-refractivity contribution in [2.75, 3.05) is 19.0 Å². The van der Waals surface area contributed by atoms with E-state index in [1.807, 2.05) is 30.3 Å². The van der Waals surface area contributed by atoms with Crippen molar-refractivity contribution in [3.63, 3.8) is 0 Å². The Labute approximate surface area is 182 Å². The number of hydrogen-bond acceptors (Lipinski definition) is 6. The van der Waals surface area contributed by atoms with Crippen LogP contribution in [0.5, 0.6) is 11.5 Å². The molecule has 0 aliphatic carbocycles. The Bertz CT molecular complexity index is 1260. The van der Waals surface area contributed by atoms with E-state index in [-0.39, 0.29) is 11.5 Å². The Hall–Kier alpha value is -3.49. The Morgan fingerprint density at radius 2 is 1.81 bits per heavy atom. The number of para-hydroxylation sites is 1. The summed E-state index contributed by atoms with van der Waals surface area (Å²) in [5.41, 5.74) is 1.09. The molecule has 2 aromatic carbocycles. The first kappa shape index (κ1) is 20.8. The average molecular weight is 436 g/mol. The fourth-order valence-corrected chi connectivity index (χ4v) is 4.18. The van der Waals surface area contributed by atoms with Crippen molar-refractivity contribution in [1.29, 1.82) is 0 Å². The quantitative estimate of drug-likeness (QED) is 0.464. The number of aryl methyl sites for hydroxylation is 1. The van der Waals surface area contributed by atoms with Gasteiger partial charge in [-0.25, -0.2) is 4.98 Å². The summed E-state index contributed by atoms with van der Waals surface area (Å²) in [5.74, 6) is 1.13. The first-order valence-corrected chi connectivity index (χ1v) is 10.5. The minimum Gasteiger partial charge on any atom is -0.457 e. The minimum atomic E-state index is -0.278. The van der Waals surface area contributed by atoms with E-state index in [0.717, 1.165) is 5.75 Å². The molecule has 0 atom stereocenters. The highest BCUT2D eigenvalue weighted by molar-refractivity contribution is 7.20. The number of nitrogens with one attached hydrogen (secondary N) is 1. The third-order valence-electron chi connectivity index (χ3n) is 4.75. The van der Waals surface area contributed by atoms with Gasteiger partial charge in [0.1, 0.15) is 16.3 Å². The zero-order valence-electron chi connectivity index (χ0n) is 17.1. The summed E-state index contributed by atoms with van der Waals surface area (Å²) in [4.78, 5) is 31.0. The largest absolute Gasteiger partial charge is 0.457 e. The smallest absolute Gasteiger partial charge is 0.266 e. The summed E-state index contributed by atoms with van der Waals surface area (Å²) in [6.07, 6.45) is 1.49. The fraction of sp³-hybridized carbons (Fsp3) is 0.174. The second-order valence-electron chi connectivity index (χ2n) is 6.87. The molecule has 4 rings (SSSR count). The molecule has 2 heterocycles. The highest BCUT2D eigenvalue weighted by Gasteiger charge is 2.19. The van der Waals surface area contributed by atoms with Gasteiger partial charge < -0.3 is 14.8 Å². The first-order chi connectivity index (χ1) is 15.1. The van der Waals surface area contributed by atoms with Gasteiger partial charge in [0.05, 0.1) is 29.7 Å². The van der Waals surface area contributed by atoms with Crippen LogP contribution < -0.4 is 15.6 Å². The summed E-state index contributed by atoms with van der Waals surface area (Å²) in [6, 6.07) is 16.6. The molecule has 0 aliphatic rings. The lowest BCUT2D eigenvalue weighted by Gasteiger charge is -2.08. The van der Waals surface area contributed by atoms with E-state index >= 15 is 0 Å². The van der Waals surface area contributed by atoms with E-state index in [9.17, 15) is 9.59 Å². The topological polar surface area (TPSA) is 82.5 Å². The normalized spacial score (nSPS) is 10.9. The Kier molecular flexibility index (Phi) is 6.11. The SMILES string of the molecule is COCCn1cnc2sc(C(=O)Nc3ccc(Oc4ccccc4)cc3)c(C)c2c1=O. The molecule has 0 spiro atoms. The van der Waals surface area contributed by atoms with Crippen LogP contribution in [0.25, 0.3) is 10.2 Å². The van der Waals surface area contributed by atoms with Crippen LogP contribution in [0.4, 0.5) is 5.69 Å². The van der Waals surface area contributed by atoms with Crippen LogP contribution in [0.1, 0.15) is 15.2 Å². The third kappa shape index (κ3) is 4.50. The molecule has 4 aromatic rings. The van der Waals surface area contributed by atoms with Gasteiger partial charge in [-0.2, -0.15) is 0 Å². The van der Waals surface area contributed by atoms with Crippen molar-refractivity contribution in [2.24, 2.45) is 0 Å². The van der Waals surface area contributed by atoms with Crippen molar-refractivity contribution in [3.8, 4) is 11.5 Å². The molecule has 0 saturated carbocycles. The van der Waals surface area contributed by atoms with Crippen LogP contribution in [0.15, 0.2) is 65.7 Å². The molecule has 0 fully saturated rings. The van der Waals surface area contributed by atoms with E-state index in [2.05, 4.69) is 10.3 Å². The second-order valence-corrected chi connectivity index (χ2v) is 7.86. The standard InChI is InChI=1S/C23H21N3O4S/c1-15-19-22(24-14-26(23(19)28)12-13-29-2)31-20(15)21(27)25-16-8-10-18(11-9-16)30-17-6-4-3-5-7-17/h3-11,14H,12-13H2,1-2H3,(H,25,27). The second kappa shape index (κ2) is 9.11. The number of benzene rings is 2. The molecule has 0 radical (unpaired) electrons. The summed E-state index contributed by atoms with van der Waals surface area (Å²) >= 11 is 1.21. The molecule has 8 heteroatoms. The Morgan fingerprint density at radius 1 is 1.10 bits per heavy atom. The van der Waals surface area contributed by atoms with E-state index in [1.54, 1.807) is 38.3 Å². The van der Waals surface area contributed by atoms with Crippen molar-refractivity contribution in [1.82, 2.24) is 9.55 Å². The predicted molar refractivity (Wildman–Crippen MR) is 121 cm³/mol. The number of methoxy groups -OCH3 is 1. The number of aromatic nitrogens is 2. The van der Waals surface area contributed by atoms with Crippen LogP contribution in [-0.2, 0) is 11.3 Å². The molecular weight excluding hydrogens is 414 g/mol. The number of anilines is 1. The predicted octanol–water partition coefficient (Wildman–Crippen LogP) is 4.46. The number of rotatable bonds is 7. The molecule has 158 valence electrons. The Morgan fingerprint density at radius 3 is 2.52 bits per heavy atom. The highest BCUT2D eigenvalue weighted by Crippen LogP contribution is 2.28. The molecule has 0 unspecified atom stereocenters. The van der Waals surface area contributed by atoms with Crippen molar-refractivity contribution in [3.05, 3.63) is 81.7 Å². The van der Waals surface area contributed by atoms with Gasteiger partial charge in [0.15, 0.2) is 0 Å².